The minimum atomic E-state index is -3.84. The summed E-state index contributed by atoms with van der Waals surface area (Å²) in [6.45, 7) is 0.233. The van der Waals surface area contributed by atoms with Crippen LogP contribution in [0.2, 0.25) is 0 Å². The van der Waals surface area contributed by atoms with Crippen molar-refractivity contribution in [3.8, 4) is 11.4 Å². The van der Waals surface area contributed by atoms with Gasteiger partial charge in [-0.25, -0.2) is 8.42 Å². The first-order chi connectivity index (χ1) is 14.9. The quantitative estimate of drug-likeness (QED) is 0.544. The summed E-state index contributed by atoms with van der Waals surface area (Å²) in [5.74, 6) is 0.154. The number of sulfonamides is 1. The Morgan fingerprint density at radius 1 is 1.32 bits per heavy atom. The fourth-order valence-corrected chi connectivity index (χ4v) is 5.09. The summed E-state index contributed by atoms with van der Waals surface area (Å²) in [4.78, 5) is 28.1. The predicted octanol–water partition coefficient (Wildman–Crippen LogP) is 1.49. The number of hydrogen-bond donors (Lipinski definition) is 2. The first-order valence-electron chi connectivity index (χ1n) is 9.44. The normalized spacial score (nSPS) is 14.9. The highest BCUT2D eigenvalue weighted by atomic mass is 32.2. The van der Waals surface area contributed by atoms with Crippen LogP contribution in [0.5, 0.6) is 0 Å². The zero-order valence-corrected chi connectivity index (χ0v) is 17.9. The van der Waals surface area contributed by atoms with Crippen molar-refractivity contribution >= 4 is 38.9 Å². The molecule has 1 saturated heterocycles. The van der Waals surface area contributed by atoms with Gasteiger partial charge < -0.3 is 15.2 Å². The predicted molar refractivity (Wildman–Crippen MR) is 113 cm³/mol. The highest BCUT2D eigenvalue weighted by Crippen LogP contribution is 2.21. The van der Waals surface area contributed by atoms with Crippen LogP contribution in [0.3, 0.4) is 0 Å². The molecule has 1 aromatic carbocycles. The van der Waals surface area contributed by atoms with Gasteiger partial charge in [-0.2, -0.15) is 20.6 Å². The average Bonchev–Trinajstić information content (AvgIpc) is 3.44. The van der Waals surface area contributed by atoms with Crippen molar-refractivity contribution in [3.05, 3.63) is 47.0 Å². The maximum atomic E-state index is 12.8. The highest BCUT2D eigenvalue weighted by Gasteiger charge is 2.29. The number of amides is 2. The number of piperazine rings is 1. The molecule has 4 rings (SSSR count). The van der Waals surface area contributed by atoms with Crippen LogP contribution in [0.15, 0.2) is 50.5 Å². The lowest BCUT2D eigenvalue weighted by molar-refractivity contribution is -0.122. The van der Waals surface area contributed by atoms with E-state index in [-0.39, 0.29) is 49.2 Å². The zero-order valence-electron chi connectivity index (χ0n) is 16.3. The summed E-state index contributed by atoms with van der Waals surface area (Å²) in [5, 5.41) is 13.0. The molecule has 1 aliphatic heterocycles. The van der Waals surface area contributed by atoms with Crippen LogP contribution in [-0.2, 0) is 26.0 Å². The number of nitrogens with zero attached hydrogens (tertiary/aromatic N) is 3. The first-order valence-corrected chi connectivity index (χ1v) is 11.8. The summed E-state index contributed by atoms with van der Waals surface area (Å²) >= 11 is 1.52. The van der Waals surface area contributed by atoms with Crippen molar-refractivity contribution in [2.24, 2.45) is 0 Å². The largest absolute Gasteiger partial charge is 0.354 e. The van der Waals surface area contributed by atoms with Gasteiger partial charge in [-0.3, -0.25) is 9.59 Å². The lowest BCUT2D eigenvalue weighted by atomic mass is 10.2. The molecule has 1 aliphatic rings. The number of benzene rings is 1. The van der Waals surface area contributed by atoms with Crippen LogP contribution in [0.1, 0.15) is 12.3 Å². The molecule has 0 aliphatic carbocycles. The summed E-state index contributed by atoms with van der Waals surface area (Å²) in [6.07, 6.45) is 0.346. The van der Waals surface area contributed by atoms with Crippen molar-refractivity contribution in [1.29, 1.82) is 0 Å². The molecular weight excluding hydrogens is 442 g/mol. The Bertz CT molecular complexity index is 1190. The molecule has 3 heterocycles. The van der Waals surface area contributed by atoms with E-state index in [0.717, 1.165) is 9.87 Å². The van der Waals surface area contributed by atoms with Gasteiger partial charge in [0, 0.05) is 42.6 Å². The third-order valence-corrected chi connectivity index (χ3v) is 7.10. The van der Waals surface area contributed by atoms with Crippen molar-refractivity contribution in [3.63, 3.8) is 0 Å². The van der Waals surface area contributed by atoms with Gasteiger partial charge in [0.15, 0.2) is 0 Å². The van der Waals surface area contributed by atoms with E-state index in [1.165, 1.54) is 29.5 Å². The van der Waals surface area contributed by atoms with E-state index >= 15 is 0 Å². The van der Waals surface area contributed by atoms with E-state index in [0.29, 0.717) is 17.4 Å². The number of hydrogen-bond acceptors (Lipinski definition) is 8. The second kappa shape index (κ2) is 8.96. The van der Waals surface area contributed by atoms with E-state index in [4.69, 9.17) is 4.52 Å². The molecule has 0 bridgehead atoms. The molecule has 0 unspecified atom stereocenters. The second-order valence-electron chi connectivity index (χ2n) is 6.79. The van der Waals surface area contributed by atoms with Gasteiger partial charge in [-0.05, 0) is 29.6 Å². The summed E-state index contributed by atoms with van der Waals surface area (Å²) < 4.78 is 31.9. The molecule has 0 saturated carbocycles. The Kier molecular flexibility index (Phi) is 6.11. The highest BCUT2D eigenvalue weighted by molar-refractivity contribution is 7.89. The zero-order chi connectivity index (χ0) is 21.8. The molecule has 31 heavy (non-hydrogen) atoms. The second-order valence-corrected chi connectivity index (χ2v) is 9.51. The minimum Gasteiger partial charge on any atom is -0.354 e. The van der Waals surface area contributed by atoms with Crippen LogP contribution < -0.4 is 10.6 Å². The molecule has 3 aromatic rings. The minimum absolute atomic E-state index is 0.0114. The van der Waals surface area contributed by atoms with E-state index in [1.807, 2.05) is 16.8 Å². The maximum absolute atomic E-state index is 12.8. The Morgan fingerprint density at radius 2 is 2.19 bits per heavy atom. The SMILES string of the molecule is O=C1CN(S(=O)(=O)c2cccc(NC(=O)CCc3nc(-c4ccsc4)no3)c2)CCN1. The fraction of sp³-hybridized carbons (Fsp3) is 0.263. The number of carbonyl (C=O) groups excluding carboxylic acids is 2. The van der Waals surface area contributed by atoms with Crippen molar-refractivity contribution in [2.75, 3.05) is 25.0 Å². The van der Waals surface area contributed by atoms with Gasteiger partial charge in [0.05, 0.1) is 11.4 Å². The molecule has 2 N–H and O–H groups in total. The third-order valence-electron chi connectivity index (χ3n) is 4.57. The molecule has 2 aromatic heterocycles. The molecular formula is C19H19N5O5S2. The average molecular weight is 462 g/mol. The van der Waals surface area contributed by atoms with Gasteiger partial charge in [-0.15, -0.1) is 0 Å². The fourth-order valence-electron chi connectivity index (χ4n) is 3.01. The Labute approximate surface area is 182 Å². The number of anilines is 1. The summed E-state index contributed by atoms with van der Waals surface area (Å²) in [5.41, 5.74) is 1.20. The standard InChI is InChI=1S/C19H19N5O5S2/c25-16(4-5-18-22-19(23-29-18)13-6-9-30-12-13)21-14-2-1-3-15(10-14)31(27,28)24-8-7-20-17(26)11-24/h1-3,6,9-10,12H,4-5,7-8,11H2,(H,20,26)(H,21,25). The van der Waals surface area contributed by atoms with Crippen molar-refractivity contribution < 1.29 is 22.5 Å². The lowest BCUT2D eigenvalue weighted by Gasteiger charge is -2.26. The Hall–Kier alpha value is -3.09. The Morgan fingerprint density at radius 3 is 2.97 bits per heavy atom. The molecule has 10 nitrogen and oxygen atoms in total. The smallest absolute Gasteiger partial charge is 0.243 e. The van der Waals surface area contributed by atoms with Crippen LogP contribution in [0, 0.1) is 0 Å². The monoisotopic (exact) mass is 461 g/mol. The van der Waals surface area contributed by atoms with E-state index < -0.39 is 10.0 Å². The maximum Gasteiger partial charge on any atom is 0.243 e. The number of rotatable bonds is 7. The van der Waals surface area contributed by atoms with Gasteiger partial charge >= 0.3 is 0 Å². The van der Waals surface area contributed by atoms with E-state index in [1.54, 1.807) is 6.07 Å². The first kappa shape index (κ1) is 21.2. The molecule has 1 fully saturated rings. The number of aryl methyl sites for hydroxylation is 1. The third kappa shape index (κ3) is 4.98. The molecule has 2 amide bonds. The molecule has 0 atom stereocenters. The van der Waals surface area contributed by atoms with Gasteiger partial charge in [0.2, 0.25) is 33.6 Å². The summed E-state index contributed by atoms with van der Waals surface area (Å²) in [7, 11) is -3.84. The van der Waals surface area contributed by atoms with Crippen LogP contribution in [0.4, 0.5) is 5.69 Å². The lowest BCUT2D eigenvalue weighted by Crippen LogP contribution is -2.49. The number of carbonyl (C=O) groups is 2. The number of nitrogens with one attached hydrogen (secondary N) is 2. The number of thiophene rings is 1. The molecule has 0 spiro atoms. The van der Waals surface area contributed by atoms with E-state index in [2.05, 4.69) is 20.8 Å². The molecule has 12 heteroatoms. The van der Waals surface area contributed by atoms with Crippen LogP contribution in [-0.4, -0.2) is 54.3 Å². The number of aromatic nitrogens is 2. The molecule has 0 radical (unpaired) electrons. The van der Waals surface area contributed by atoms with Gasteiger partial charge in [0.1, 0.15) is 0 Å². The Balaban J connectivity index is 1.37. The van der Waals surface area contributed by atoms with Gasteiger partial charge in [-0.1, -0.05) is 11.2 Å². The molecule has 162 valence electrons. The van der Waals surface area contributed by atoms with Gasteiger partial charge in [0.25, 0.3) is 0 Å². The van der Waals surface area contributed by atoms with Crippen LogP contribution in [0.25, 0.3) is 11.4 Å². The van der Waals surface area contributed by atoms with Crippen molar-refractivity contribution in [1.82, 2.24) is 19.8 Å². The summed E-state index contributed by atoms with van der Waals surface area (Å²) in [6, 6.07) is 7.82. The van der Waals surface area contributed by atoms with E-state index in [9.17, 15) is 18.0 Å². The van der Waals surface area contributed by atoms with Crippen molar-refractivity contribution in [2.45, 2.75) is 17.7 Å². The van der Waals surface area contributed by atoms with Crippen LogP contribution >= 0.6 is 11.3 Å². The topological polar surface area (TPSA) is 134 Å².